The third-order valence-corrected chi connectivity index (χ3v) is 3.01. The molecule has 0 unspecified atom stereocenters. The monoisotopic (exact) mass is 243 g/mol. The molecule has 18 heavy (non-hydrogen) atoms. The van der Waals surface area contributed by atoms with Crippen LogP contribution >= 0.6 is 0 Å². The highest BCUT2D eigenvalue weighted by Gasteiger charge is 2.29. The normalized spacial score (nSPS) is 14.4. The van der Waals surface area contributed by atoms with Crippen molar-refractivity contribution in [3.05, 3.63) is 47.1 Å². The van der Waals surface area contributed by atoms with E-state index in [4.69, 9.17) is 0 Å². The topological polar surface area (TPSA) is 66.9 Å². The molecule has 0 bridgehead atoms. The Morgan fingerprint density at radius 1 is 1.28 bits per heavy atom. The van der Waals surface area contributed by atoms with Gasteiger partial charge in [0.15, 0.2) is 0 Å². The Morgan fingerprint density at radius 3 is 2.56 bits per heavy atom. The number of amides is 1. The van der Waals surface area contributed by atoms with E-state index in [2.05, 4.69) is 10.3 Å². The van der Waals surface area contributed by atoms with E-state index in [-0.39, 0.29) is 17.5 Å². The molecule has 1 heterocycles. The minimum absolute atomic E-state index is 0.0848. The fourth-order valence-corrected chi connectivity index (χ4v) is 1.82. The molecular weight excluding hydrogens is 230 g/mol. The van der Waals surface area contributed by atoms with Gasteiger partial charge in [0.05, 0.1) is 5.69 Å². The first kappa shape index (κ1) is 10.8. The van der Waals surface area contributed by atoms with Crippen molar-refractivity contribution in [3.63, 3.8) is 0 Å². The maximum absolute atomic E-state index is 11.6. The van der Waals surface area contributed by atoms with Crippen LogP contribution in [0.1, 0.15) is 12.8 Å². The molecule has 2 aromatic rings. The minimum Gasteiger partial charge on any atom is -0.326 e. The number of H-pyrrole nitrogens is 1. The van der Waals surface area contributed by atoms with Gasteiger partial charge in [0.2, 0.25) is 5.91 Å². The molecule has 1 aliphatic rings. The van der Waals surface area contributed by atoms with Crippen LogP contribution in [0.15, 0.2) is 41.5 Å². The number of aromatic amines is 1. The van der Waals surface area contributed by atoms with E-state index >= 15 is 0 Å². The van der Waals surface area contributed by atoms with Crippen LogP contribution in [0, 0.1) is 5.92 Å². The number of hydrogen-bond donors (Lipinski definition) is 2. The smallest absolute Gasteiger partial charge is 0.326 e. The van der Waals surface area contributed by atoms with Crippen molar-refractivity contribution in [3.8, 4) is 5.69 Å². The van der Waals surface area contributed by atoms with E-state index < -0.39 is 0 Å². The number of hydrogen-bond acceptors (Lipinski definition) is 2. The lowest BCUT2D eigenvalue weighted by molar-refractivity contribution is -0.117. The van der Waals surface area contributed by atoms with Gasteiger partial charge in [-0.05, 0) is 37.1 Å². The molecule has 1 aromatic carbocycles. The first-order valence-electron chi connectivity index (χ1n) is 5.91. The van der Waals surface area contributed by atoms with Gasteiger partial charge in [-0.25, -0.2) is 4.79 Å². The quantitative estimate of drug-likeness (QED) is 0.858. The second-order valence-corrected chi connectivity index (χ2v) is 4.45. The third-order valence-electron chi connectivity index (χ3n) is 3.01. The van der Waals surface area contributed by atoms with Gasteiger partial charge in [0, 0.05) is 24.0 Å². The molecule has 0 aliphatic heterocycles. The summed E-state index contributed by atoms with van der Waals surface area (Å²) >= 11 is 0. The summed E-state index contributed by atoms with van der Waals surface area (Å²) < 4.78 is 1.51. The molecule has 3 rings (SSSR count). The van der Waals surface area contributed by atoms with Crippen molar-refractivity contribution in [2.45, 2.75) is 12.8 Å². The number of benzene rings is 1. The first-order chi connectivity index (χ1) is 8.74. The van der Waals surface area contributed by atoms with E-state index in [9.17, 15) is 9.59 Å². The fraction of sp³-hybridized carbons (Fsp3) is 0.231. The van der Waals surface area contributed by atoms with Crippen LogP contribution in [0.4, 0.5) is 5.69 Å². The van der Waals surface area contributed by atoms with Gasteiger partial charge < -0.3 is 10.3 Å². The molecule has 1 aliphatic carbocycles. The van der Waals surface area contributed by atoms with Gasteiger partial charge in [0.25, 0.3) is 0 Å². The van der Waals surface area contributed by atoms with Crippen LogP contribution < -0.4 is 11.0 Å². The molecular formula is C13H13N3O2. The minimum atomic E-state index is -0.176. The second kappa shape index (κ2) is 4.18. The van der Waals surface area contributed by atoms with Crippen LogP contribution in [-0.4, -0.2) is 15.5 Å². The van der Waals surface area contributed by atoms with Crippen LogP contribution in [-0.2, 0) is 4.79 Å². The molecule has 1 aromatic heterocycles. The Kier molecular flexibility index (Phi) is 2.51. The zero-order chi connectivity index (χ0) is 12.5. The van der Waals surface area contributed by atoms with Crippen molar-refractivity contribution >= 4 is 11.6 Å². The Bertz CT molecular complexity index is 620. The van der Waals surface area contributed by atoms with E-state index in [1.807, 2.05) is 0 Å². The lowest BCUT2D eigenvalue weighted by atomic mass is 10.2. The highest BCUT2D eigenvalue weighted by molar-refractivity contribution is 5.94. The highest BCUT2D eigenvalue weighted by atomic mass is 16.2. The molecule has 1 saturated carbocycles. The Morgan fingerprint density at radius 2 is 2.00 bits per heavy atom. The van der Waals surface area contributed by atoms with Crippen LogP contribution in [0.5, 0.6) is 0 Å². The number of nitrogens with zero attached hydrogens (tertiary/aromatic N) is 1. The van der Waals surface area contributed by atoms with Gasteiger partial charge >= 0.3 is 5.69 Å². The maximum Gasteiger partial charge on any atom is 0.330 e. The number of rotatable bonds is 3. The average Bonchev–Trinajstić information content (AvgIpc) is 3.14. The summed E-state index contributed by atoms with van der Waals surface area (Å²) in [6.45, 7) is 0. The summed E-state index contributed by atoms with van der Waals surface area (Å²) in [5, 5.41) is 2.86. The summed E-state index contributed by atoms with van der Waals surface area (Å²) in [4.78, 5) is 25.6. The van der Waals surface area contributed by atoms with E-state index in [0.717, 1.165) is 24.2 Å². The van der Waals surface area contributed by atoms with Crippen LogP contribution in [0.3, 0.4) is 0 Å². The average molecular weight is 243 g/mol. The van der Waals surface area contributed by atoms with Crippen molar-refractivity contribution in [1.82, 2.24) is 9.55 Å². The predicted octanol–water partition coefficient (Wildman–Crippen LogP) is 1.51. The summed E-state index contributed by atoms with van der Waals surface area (Å²) in [5.41, 5.74) is 1.36. The van der Waals surface area contributed by atoms with E-state index in [1.54, 1.807) is 36.7 Å². The van der Waals surface area contributed by atoms with Crippen molar-refractivity contribution in [2.75, 3.05) is 5.32 Å². The van der Waals surface area contributed by atoms with E-state index in [1.165, 1.54) is 4.57 Å². The summed E-state index contributed by atoms with van der Waals surface area (Å²) in [6, 6.07) is 7.21. The molecule has 0 saturated heterocycles. The van der Waals surface area contributed by atoms with Gasteiger partial charge in [-0.2, -0.15) is 0 Å². The van der Waals surface area contributed by atoms with Crippen LogP contribution in [0.25, 0.3) is 5.69 Å². The molecule has 2 N–H and O–H groups in total. The van der Waals surface area contributed by atoms with Crippen molar-refractivity contribution in [1.29, 1.82) is 0 Å². The van der Waals surface area contributed by atoms with Crippen molar-refractivity contribution < 1.29 is 4.79 Å². The number of aromatic nitrogens is 2. The highest BCUT2D eigenvalue weighted by Crippen LogP contribution is 2.30. The lowest BCUT2D eigenvalue weighted by Gasteiger charge is -2.05. The molecule has 5 nitrogen and oxygen atoms in total. The number of imidazole rings is 1. The van der Waals surface area contributed by atoms with Gasteiger partial charge in [-0.3, -0.25) is 9.36 Å². The summed E-state index contributed by atoms with van der Waals surface area (Å²) in [6.07, 6.45) is 5.23. The zero-order valence-electron chi connectivity index (χ0n) is 9.72. The molecule has 0 radical (unpaired) electrons. The third kappa shape index (κ3) is 2.07. The molecule has 0 atom stereocenters. The number of nitrogens with one attached hydrogen (secondary N) is 2. The Labute approximate surface area is 103 Å². The Balaban J connectivity index is 1.78. The lowest BCUT2D eigenvalue weighted by Crippen LogP contribution is -2.15. The van der Waals surface area contributed by atoms with E-state index in [0.29, 0.717) is 0 Å². The SMILES string of the molecule is O=C(Nc1ccc(-n2cc[nH]c2=O)cc1)C1CC1. The molecule has 0 spiro atoms. The standard InChI is InChI=1S/C13H13N3O2/c17-12(9-1-2-9)15-10-3-5-11(6-4-10)16-8-7-14-13(16)18/h3-9H,1-2H2,(H,14,18)(H,15,17). The molecule has 92 valence electrons. The van der Waals surface area contributed by atoms with Gasteiger partial charge in [-0.15, -0.1) is 0 Å². The fourth-order valence-electron chi connectivity index (χ4n) is 1.82. The number of carbonyl (C=O) groups is 1. The molecule has 1 fully saturated rings. The molecule has 1 amide bonds. The van der Waals surface area contributed by atoms with Crippen LogP contribution in [0.2, 0.25) is 0 Å². The largest absolute Gasteiger partial charge is 0.330 e. The maximum atomic E-state index is 11.6. The summed E-state index contributed by atoms with van der Waals surface area (Å²) in [5.74, 6) is 0.276. The predicted molar refractivity (Wildman–Crippen MR) is 67.7 cm³/mol. The number of anilines is 1. The van der Waals surface area contributed by atoms with Gasteiger partial charge in [-0.1, -0.05) is 0 Å². The van der Waals surface area contributed by atoms with Crippen molar-refractivity contribution in [2.24, 2.45) is 5.92 Å². The second-order valence-electron chi connectivity index (χ2n) is 4.45. The van der Waals surface area contributed by atoms with Gasteiger partial charge in [0.1, 0.15) is 0 Å². The Hall–Kier alpha value is -2.30. The first-order valence-corrected chi connectivity index (χ1v) is 5.91. The molecule has 5 heteroatoms. The number of carbonyl (C=O) groups excluding carboxylic acids is 1. The zero-order valence-corrected chi connectivity index (χ0v) is 9.72. The summed E-state index contributed by atoms with van der Waals surface area (Å²) in [7, 11) is 0.